The second-order valence-electron chi connectivity index (χ2n) is 5.64. The number of nitrogens with zero attached hydrogens (tertiary/aromatic N) is 1. The van der Waals surface area contributed by atoms with Gasteiger partial charge in [0.15, 0.2) is 0 Å². The van der Waals surface area contributed by atoms with Crippen LogP contribution in [0.25, 0.3) is 0 Å². The lowest BCUT2D eigenvalue weighted by atomic mass is 10.2. The first-order chi connectivity index (χ1) is 10.5. The highest BCUT2D eigenvalue weighted by Gasteiger charge is 2.25. The molecule has 0 aliphatic carbocycles. The van der Waals surface area contributed by atoms with Crippen LogP contribution in [0.15, 0.2) is 29.2 Å². The molecule has 0 aromatic heterocycles. The third-order valence-electron chi connectivity index (χ3n) is 3.82. The average Bonchev–Trinajstić information content (AvgIpc) is 2.54. The molecule has 122 valence electrons. The summed E-state index contributed by atoms with van der Waals surface area (Å²) >= 11 is 0. The smallest absolute Gasteiger partial charge is 0.243 e. The summed E-state index contributed by atoms with van der Waals surface area (Å²) in [6.45, 7) is 3.51. The minimum absolute atomic E-state index is 0.00760. The topological polar surface area (TPSA) is 66.5 Å². The number of piperidine rings is 1. The van der Waals surface area contributed by atoms with Crippen molar-refractivity contribution in [2.75, 3.05) is 13.1 Å². The van der Waals surface area contributed by atoms with E-state index < -0.39 is 10.0 Å². The van der Waals surface area contributed by atoms with Crippen LogP contribution in [0.2, 0.25) is 0 Å². The minimum atomic E-state index is -3.41. The molecule has 1 N–H and O–H groups in total. The van der Waals surface area contributed by atoms with Crippen molar-refractivity contribution in [3.05, 3.63) is 29.8 Å². The van der Waals surface area contributed by atoms with Crippen LogP contribution in [0.5, 0.6) is 0 Å². The largest absolute Gasteiger partial charge is 0.352 e. The molecule has 5 nitrogen and oxygen atoms in total. The normalized spacial score (nSPS) is 16.4. The van der Waals surface area contributed by atoms with E-state index in [1.165, 1.54) is 0 Å². The summed E-state index contributed by atoms with van der Waals surface area (Å²) in [5, 5.41) is 2.81. The molecule has 0 bridgehead atoms. The molecule has 1 aliphatic rings. The van der Waals surface area contributed by atoms with E-state index in [1.54, 1.807) is 22.5 Å². The van der Waals surface area contributed by atoms with Crippen LogP contribution in [0.3, 0.4) is 0 Å². The van der Waals surface area contributed by atoms with E-state index in [2.05, 4.69) is 5.32 Å². The van der Waals surface area contributed by atoms with Crippen molar-refractivity contribution in [2.45, 2.75) is 50.5 Å². The van der Waals surface area contributed by atoms with E-state index in [-0.39, 0.29) is 5.91 Å². The maximum Gasteiger partial charge on any atom is 0.243 e. The van der Waals surface area contributed by atoms with Crippen molar-refractivity contribution in [1.29, 1.82) is 0 Å². The van der Waals surface area contributed by atoms with Gasteiger partial charge in [-0.25, -0.2) is 8.42 Å². The van der Waals surface area contributed by atoms with E-state index >= 15 is 0 Å². The van der Waals surface area contributed by atoms with Crippen molar-refractivity contribution < 1.29 is 13.2 Å². The van der Waals surface area contributed by atoms with Gasteiger partial charge in [0.25, 0.3) is 0 Å². The summed E-state index contributed by atoms with van der Waals surface area (Å²) in [5.41, 5.74) is 0.808. The summed E-state index contributed by atoms with van der Waals surface area (Å²) in [6.07, 6.45) is 4.23. The van der Waals surface area contributed by atoms with Crippen LogP contribution < -0.4 is 5.32 Å². The van der Waals surface area contributed by atoms with E-state index in [9.17, 15) is 13.2 Å². The standard InChI is InChI=1S/C16H24N2O3S/c1-2-7-16(19)17-13-14-8-6-9-15(12-14)22(20,21)18-10-4-3-5-11-18/h6,8-9,12H,2-5,7,10-11,13H2,1H3,(H,17,19). The zero-order valence-corrected chi connectivity index (χ0v) is 13.9. The Balaban J connectivity index is 2.08. The van der Waals surface area contributed by atoms with Gasteiger partial charge < -0.3 is 5.32 Å². The number of hydrogen-bond acceptors (Lipinski definition) is 3. The minimum Gasteiger partial charge on any atom is -0.352 e. The van der Waals surface area contributed by atoms with Crippen LogP contribution in [-0.2, 0) is 21.4 Å². The van der Waals surface area contributed by atoms with Crippen molar-refractivity contribution in [1.82, 2.24) is 9.62 Å². The molecule has 1 aromatic rings. The van der Waals surface area contributed by atoms with Crippen LogP contribution in [0.1, 0.15) is 44.6 Å². The fraction of sp³-hybridized carbons (Fsp3) is 0.562. The maximum absolute atomic E-state index is 12.6. The van der Waals surface area contributed by atoms with Crippen LogP contribution in [0.4, 0.5) is 0 Å². The van der Waals surface area contributed by atoms with Gasteiger partial charge in [-0.2, -0.15) is 4.31 Å². The van der Waals surface area contributed by atoms with Crippen LogP contribution >= 0.6 is 0 Å². The Kier molecular flexibility index (Phi) is 5.97. The molecule has 0 spiro atoms. The van der Waals surface area contributed by atoms with Gasteiger partial charge in [0.05, 0.1) is 4.90 Å². The fourth-order valence-corrected chi connectivity index (χ4v) is 4.17. The molecule has 0 saturated carbocycles. The molecule has 6 heteroatoms. The number of carbonyl (C=O) groups is 1. The van der Waals surface area contributed by atoms with Crippen LogP contribution in [0, 0.1) is 0 Å². The summed E-state index contributed by atoms with van der Waals surface area (Å²) in [5.74, 6) is -0.00760. The van der Waals surface area contributed by atoms with Gasteiger partial charge in [0.1, 0.15) is 0 Å². The molecule has 1 fully saturated rings. The zero-order chi connectivity index (χ0) is 16.0. The molecular weight excluding hydrogens is 300 g/mol. The third kappa shape index (κ3) is 4.30. The van der Waals surface area contributed by atoms with Gasteiger partial charge in [-0.1, -0.05) is 25.5 Å². The van der Waals surface area contributed by atoms with Crippen molar-refractivity contribution >= 4 is 15.9 Å². The Hall–Kier alpha value is -1.40. The van der Waals surface area contributed by atoms with Crippen molar-refractivity contribution in [3.63, 3.8) is 0 Å². The van der Waals surface area contributed by atoms with Gasteiger partial charge in [0.2, 0.25) is 15.9 Å². The molecule has 0 unspecified atom stereocenters. The summed E-state index contributed by atoms with van der Waals surface area (Å²) in [7, 11) is -3.41. The second kappa shape index (κ2) is 7.74. The third-order valence-corrected chi connectivity index (χ3v) is 5.71. The highest BCUT2D eigenvalue weighted by molar-refractivity contribution is 7.89. The molecule has 22 heavy (non-hydrogen) atoms. The maximum atomic E-state index is 12.6. The van der Waals surface area contributed by atoms with Crippen molar-refractivity contribution in [3.8, 4) is 0 Å². The van der Waals surface area contributed by atoms with E-state index in [4.69, 9.17) is 0 Å². The lowest BCUT2D eigenvalue weighted by Gasteiger charge is -2.26. The molecule has 1 aromatic carbocycles. The molecule has 1 heterocycles. The fourth-order valence-electron chi connectivity index (χ4n) is 2.59. The predicted molar refractivity (Wildman–Crippen MR) is 85.8 cm³/mol. The number of nitrogens with one attached hydrogen (secondary N) is 1. The Morgan fingerprint density at radius 2 is 1.95 bits per heavy atom. The SMILES string of the molecule is CCCC(=O)NCc1cccc(S(=O)(=O)N2CCCCC2)c1. The van der Waals surface area contributed by atoms with Gasteiger partial charge in [-0.3, -0.25) is 4.79 Å². The number of sulfonamides is 1. The summed E-state index contributed by atoms with van der Waals surface area (Å²) < 4.78 is 26.8. The van der Waals surface area contributed by atoms with Gasteiger partial charge in [-0.15, -0.1) is 0 Å². The number of hydrogen-bond donors (Lipinski definition) is 1. The number of carbonyl (C=O) groups excluding carboxylic acids is 1. The first kappa shape index (κ1) is 17.0. The lowest BCUT2D eigenvalue weighted by molar-refractivity contribution is -0.121. The zero-order valence-electron chi connectivity index (χ0n) is 13.0. The number of amides is 1. The Morgan fingerprint density at radius 3 is 2.64 bits per heavy atom. The van der Waals surface area contributed by atoms with E-state index in [1.807, 2.05) is 13.0 Å². The second-order valence-corrected chi connectivity index (χ2v) is 7.58. The number of rotatable bonds is 6. The van der Waals surface area contributed by atoms with E-state index in [0.717, 1.165) is 31.2 Å². The quantitative estimate of drug-likeness (QED) is 0.873. The highest BCUT2D eigenvalue weighted by Crippen LogP contribution is 2.21. The molecule has 0 radical (unpaired) electrons. The van der Waals surface area contributed by atoms with Gasteiger partial charge in [-0.05, 0) is 37.0 Å². The van der Waals surface area contributed by atoms with Crippen molar-refractivity contribution in [2.24, 2.45) is 0 Å². The summed E-state index contributed by atoms with van der Waals surface area (Å²) in [4.78, 5) is 11.8. The van der Waals surface area contributed by atoms with Gasteiger partial charge >= 0.3 is 0 Å². The monoisotopic (exact) mass is 324 g/mol. The molecule has 1 amide bonds. The Labute approximate surface area is 132 Å². The Morgan fingerprint density at radius 1 is 1.23 bits per heavy atom. The average molecular weight is 324 g/mol. The lowest BCUT2D eigenvalue weighted by Crippen LogP contribution is -2.35. The Bertz CT molecular complexity index is 608. The molecule has 2 rings (SSSR count). The molecular formula is C16H24N2O3S. The first-order valence-corrected chi connectivity index (χ1v) is 9.34. The van der Waals surface area contributed by atoms with Gasteiger partial charge in [0, 0.05) is 26.1 Å². The highest BCUT2D eigenvalue weighted by atomic mass is 32.2. The van der Waals surface area contributed by atoms with Crippen LogP contribution in [-0.4, -0.2) is 31.7 Å². The number of benzene rings is 1. The predicted octanol–water partition coefficient (Wildman–Crippen LogP) is 2.28. The molecule has 1 saturated heterocycles. The first-order valence-electron chi connectivity index (χ1n) is 7.90. The van der Waals surface area contributed by atoms with E-state index in [0.29, 0.717) is 31.0 Å². The summed E-state index contributed by atoms with van der Waals surface area (Å²) in [6, 6.07) is 6.86. The molecule has 0 atom stereocenters. The molecule has 1 aliphatic heterocycles.